The molecule has 3 N–H and O–H groups in total. The van der Waals surface area contributed by atoms with Gasteiger partial charge in [0.1, 0.15) is 11.2 Å². The Kier molecular flexibility index (Phi) is 5.44. The molecule has 106 valence electrons. The number of ether oxygens (including phenoxy) is 1. The number of benzene rings is 1. The number of aliphatic hydroxyl groups excluding tert-OH is 1. The smallest absolute Gasteiger partial charge is 0.317 e. The summed E-state index contributed by atoms with van der Waals surface area (Å²) in [5.41, 5.74) is 5.10. The van der Waals surface area contributed by atoms with Crippen molar-refractivity contribution >= 4 is 5.97 Å². The van der Waals surface area contributed by atoms with E-state index < -0.39 is 23.3 Å². The van der Waals surface area contributed by atoms with Crippen LogP contribution < -0.4 is 5.73 Å². The van der Waals surface area contributed by atoms with Crippen LogP contribution in [0, 0.1) is 5.82 Å². The molecule has 0 bridgehead atoms. The second kappa shape index (κ2) is 6.63. The van der Waals surface area contributed by atoms with Crippen LogP contribution in [0.15, 0.2) is 24.3 Å². The van der Waals surface area contributed by atoms with E-state index in [1.165, 1.54) is 25.3 Å². The minimum absolute atomic E-state index is 0.00412. The minimum Gasteiger partial charge on any atom is -0.468 e. The molecule has 1 rings (SSSR count). The van der Waals surface area contributed by atoms with E-state index in [9.17, 15) is 14.3 Å². The van der Waals surface area contributed by atoms with Crippen molar-refractivity contribution in [1.29, 1.82) is 0 Å². The highest BCUT2D eigenvalue weighted by atomic mass is 19.1. The van der Waals surface area contributed by atoms with Crippen LogP contribution >= 0.6 is 0 Å². The largest absolute Gasteiger partial charge is 0.468 e. The van der Waals surface area contributed by atoms with Gasteiger partial charge in [0.15, 0.2) is 0 Å². The zero-order chi connectivity index (χ0) is 14.5. The predicted octanol–water partition coefficient (Wildman–Crippen LogP) is 1.36. The van der Waals surface area contributed by atoms with Crippen molar-refractivity contribution in [3.8, 4) is 0 Å². The Morgan fingerprint density at radius 3 is 2.74 bits per heavy atom. The van der Waals surface area contributed by atoms with E-state index in [1.807, 2.05) is 0 Å². The van der Waals surface area contributed by atoms with Crippen LogP contribution in [0.5, 0.6) is 0 Å². The fraction of sp³-hybridized carbons (Fsp3) is 0.500. The first kappa shape index (κ1) is 15.6. The van der Waals surface area contributed by atoms with Gasteiger partial charge >= 0.3 is 5.97 Å². The second-order valence-corrected chi connectivity index (χ2v) is 4.68. The van der Waals surface area contributed by atoms with Crippen LogP contribution in [-0.2, 0) is 14.9 Å². The average Bonchev–Trinajstić information content (AvgIpc) is 2.39. The molecule has 0 fully saturated rings. The summed E-state index contributed by atoms with van der Waals surface area (Å²) in [5, 5.41) is 9.40. The fourth-order valence-corrected chi connectivity index (χ4v) is 2.10. The number of rotatable bonds is 6. The van der Waals surface area contributed by atoms with E-state index in [0.29, 0.717) is 18.4 Å². The van der Waals surface area contributed by atoms with Crippen molar-refractivity contribution in [1.82, 2.24) is 0 Å². The Morgan fingerprint density at radius 1 is 1.58 bits per heavy atom. The Balaban J connectivity index is 3.19. The fourth-order valence-electron chi connectivity index (χ4n) is 2.10. The van der Waals surface area contributed by atoms with E-state index in [0.717, 1.165) is 0 Å². The molecule has 1 aromatic carbocycles. The first-order valence-electron chi connectivity index (χ1n) is 6.19. The van der Waals surface area contributed by atoms with Crippen LogP contribution in [-0.4, -0.2) is 30.8 Å². The van der Waals surface area contributed by atoms with Gasteiger partial charge in [0, 0.05) is 6.54 Å². The summed E-state index contributed by atoms with van der Waals surface area (Å²) < 4.78 is 18.2. The monoisotopic (exact) mass is 269 g/mol. The van der Waals surface area contributed by atoms with Gasteiger partial charge in [-0.15, -0.1) is 0 Å². The molecule has 0 spiro atoms. The van der Waals surface area contributed by atoms with E-state index >= 15 is 0 Å². The van der Waals surface area contributed by atoms with Crippen molar-refractivity contribution in [2.45, 2.75) is 31.3 Å². The molecule has 4 nitrogen and oxygen atoms in total. The first-order valence-corrected chi connectivity index (χ1v) is 6.19. The van der Waals surface area contributed by atoms with Gasteiger partial charge in [-0.2, -0.15) is 0 Å². The number of halogens is 1. The molecule has 1 aromatic rings. The zero-order valence-electron chi connectivity index (χ0n) is 11.2. The molecule has 0 aliphatic heterocycles. The molecule has 0 saturated heterocycles. The average molecular weight is 269 g/mol. The number of nitrogens with two attached hydrogens (primary N) is 1. The molecule has 19 heavy (non-hydrogen) atoms. The Morgan fingerprint density at radius 2 is 2.26 bits per heavy atom. The quantitative estimate of drug-likeness (QED) is 0.765. The highest BCUT2D eigenvalue weighted by Crippen LogP contribution is 2.31. The summed E-state index contributed by atoms with van der Waals surface area (Å²) in [6.07, 6.45) is 0.115. The van der Waals surface area contributed by atoms with Crippen molar-refractivity contribution in [3.63, 3.8) is 0 Å². The third kappa shape index (κ3) is 3.52. The molecule has 5 heteroatoms. The lowest BCUT2D eigenvalue weighted by molar-refractivity contribution is -0.147. The highest BCUT2D eigenvalue weighted by molar-refractivity contribution is 5.83. The molecule has 0 radical (unpaired) electrons. The summed E-state index contributed by atoms with van der Waals surface area (Å²) in [6, 6.07) is 5.76. The number of carbonyl (C=O) groups is 1. The molecule has 2 atom stereocenters. The lowest BCUT2D eigenvalue weighted by Crippen LogP contribution is -2.44. The maximum atomic E-state index is 13.4. The van der Waals surface area contributed by atoms with Gasteiger partial charge < -0.3 is 15.6 Å². The van der Waals surface area contributed by atoms with Crippen LogP contribution in [0.3, 0.4) is 0 Å². The summed E-state index contributed by atoms with van der Waals surface area (Å²) in [6.45, 7) is 1.62. The summed E-state index contributed by atoms with van der Waals surface area (Å²) in [5.74, 6) is -0.947. The van der Waals surface area contributed by atoms with Gasteiger partial charge in [0.25, 0.3) is 0 Å². The molecular formula is C14H20FNO3. The minimum atomic E-state index is -1.12. The molecular weight excluding hydrogens is 249 g/mol. The first-order chi connectivity index (χ1) is 8.96. The topological polar surface area (TPSA) is 72.5 Å². The number of methoxy groups -OCH3 is 1. The van der Waals surface area contributed by atoms with E-state index in [4.69, 9.17) is 10.5 Å². The molecule has 0 heterocycles. The predicted molar refractivity (Wildman–Crippen MR) is 70.1 cm³/mol. The summed E-state index contributed by atoms with van der Waals surface area (Å²) in [7, 11) is 1.27. The Bertz CT molecular complexity index is 436. The van der Waals surface area contributed by atoms with E-state index in [-0.39, 0.29) is 6.54 Å². The summed E-state index contributed by atoms with van der Waals surface area (Å²) in [4.78, 5) is 12.1. The number of hydrogen-bond acceptors (Lipinski definition) is 4. The Labute approximate surface area is 112 Å². The van der Waals surface area contributed by atoms with Gasteiger partial charge in [-0.3, -0.25) is 4.79 Å². The van der Waals surface area contributed by atoms with Crippen LogP contribution in [0.25, 0.3) is 0 Å². The number of esters is 1. The molecule has 0 amide bonds. The molecule has 0 aliphatic carbocycles. The maximum Gasteiger partial charge on any atom is 0.317 e. The lowest BCUT2D eigenvalue weighted by atomic mass is 9.76. The Hall–Kier alpha value is -1.46. The number of aliphatic hydroxyl groups is 1. The lowest BCUT2D eigenvalue weighted by Gasteiger charge is -2.30. The number of carbonyl (C=O) groups excluding carboxylic acids is 1. The van der Waals surface area contributed by atoms with Gasteiger partial charge in [-0.05, 0) is 37.5 Å². The molecule has 2 unspecified atom stereocenters. The van der Waals surface area contributed by atoms with Crippen LogP contribution in [0.4, 0.5) is 4.39 Å². The SMILES string of the molecule is COC(=O)C(CN)(CCC(C)O)c1cccc(F)c1. The van der Waals surface area contributed by atoms with Crippen molar-refractivity contribution in [2.75, 3.05) is 13.7 Å². The molecule has 0 aliphatic rings. The van der Waals surface area contributed by atoms with Gasteiger partial charge in [-0.25, -0.2) is 4.39 Å². The molecule has 0 aromatic heterocycles. The van der Waals surface area contributed by atoms with Gasteiger partial charge in [0.2, 0.25) is 0 Å². The van der Waals surface area contributed by atoms with Crippen molar-refractivity contribution < 1.29 is 19.0 Å². The van der Waals surface area contributed by atoms with Gasteiger partial charge in [-0.1, -0.05) is 12.1 Å². The normalized spacial score (nSPS) is 15.6. The summed E-state index contributed by atoms with van der Waals surface area (Å²) >= 11 is 0. The van der Waals surface area contributed by atoms with Crippen LogP contribution in [0.1, 0.15) is 25.3 Å². The maximum absolute atomic E-state index is 13.4. The van der Waals surface area contributed by atoms with Crippen LogP contribution in [0.2, 0.25) is 0 Å². The third-order valence-electron chi connectivity index (χ3n) is 3.29. The highest BCUT2D eigenvalue weighted by Gasteiger charge is 2.40. The second-order valence-electron chi connectivity index (χ2n) is 4.68. The standard InChI is InChI=1S/C14H20FNO3/c1-10(17)6-7-14(9-16,13(18)19-2)11-4-3-5-12(15)8-11/h3-5,8,10,17H,6-7,9,16H2,1-2H3. The van der Waals surface area contributed by atoms with E-state index in [1.54, 1.807) is 13.0 Å². The van der Waals surface area contributed by atoms with Crippen molar-refractivity contribution in [3.05, 3.63) is 35.6 Å². The molecule has 0 saturated carbocycles. The van der Waals surface area contributed by atoms with E-state index in [2.05, 4.69) is 0 Å². The number of hydrogen-bond donors (Lipinski definition) is 2. The van der Waals surface area contributed by atoms with Crippen molar-refractivity contribution in [2.24, 2.45) is 5.73 Å². The zero-order valence-corrected chi connectivity index (χ0v) is 11.2. The van der Waals surface area contributed by atoms with Gasteiger partial charge in [0.05, 0.1) is 13.2 Å². The third-order valence-corrected chi connectivity index (χ3v) is 3.29.